The Balaban J connectivity index is 1.26. The highest BCUT2D eigenvalue weighted by Crippen LogP contribution is 2.53. The van der Waals surface area contributed by atoms with Crippen molar-refractivity contribution in [2.24, 2.45) is 30.7 Å². The van der Waals surface area contributed by atoms with Crippen molar-refractivity contribution in [1.82, 2.24) is 20.4 Å². The number of carbonyl (C=O) groups excluding carboxylic acids is 1. The zero-order valence-corrected chi connectivity index (χ0v) is 16.8. The van der Waals surface area contributed by atoms with E-state index >= 15 is 0 Å². The molecule has 152 valence electrons. The zero-order valence-electron chi connectivity index (χ0n) is 16.8. The van der Waals surface area contributed by atoms with Gasteiger partial charge in [-0.25, -0.2) is 9.78 Å². The van der Waals surface area contributed by atoms with E-state index in [1.807, 2.05) is 7.05 Å². The number of aryl methyl sites for hydroxylation is 1. The van der Waals surface area contributed by atoms with Gasteiger partial charge in [0.2, 0.25) is 5.82 Å². The van der Waals surface area contributed by atoms with Crippen LogP contribution in [0.15, 0.2) is 47.3 Å². The van der Waals surface area contributed by atoms with E-state index in [0.717, 1.165) is 19.4 Å². The summed E-state index contributed by atoms with van der Waals surface area (Å²) in [5.41, 5.74) is 11.3. The highest BCUT2D eigenvalue weighted by Gasteiger charge is 2.46. The predicted octanol–water partition coefficient (Wildman–Crippen LogP) is 2.67. The summed E-state index contributed by atoms with van der Waals surface area (Å²) in [5, 5.41) is 0. The van der Waals surface area contributed by atoms with Crippen molar-refractivity contribution in [1.29, 1.82) is 0 Å². The number of fused-ring (bicyclic) bond motifs is 6. The molecule has 2 saturated carbocycles. The summed E-state index contributed by atoms with van der Waals surface area (Å²) in [5.74, 6) is 2.48. The van der Waals surface area contributed by atoms with Gasteiger partial charge >= 0.3 is 5.97 Å². The molecular weight excluding hydrogens is 364 g/mol. The topological polar surface area (TPSA) is 68.2 Å². The molecule has 5 aliphatic rings. The molecule has 0 radical (unpaired) electrons. The second-order valence-corrected chi connectivity index (χ2v) is 9.26. The number of nitrogens with zero attached hydrogens (tertiary/aromatic N) is 2. The third kappa shape index (κ3) is 2.76. The fourth-order valence-corrected chi connectivity index (χ4v) is 6.38. The second kappa shape index (κ2) is 6.67. The number of hydrogen-bond acceptors (Lipinski definition) is 5. The molecule has 4 aliphatic carbocycles. The van der Waals surface area contributed by atoms with Crippen LogP contribution in [0.1, 0.15) is 42.7 Å². The first kappa shape index (κ1) is 17.7. The molecule has 6 heteroatoms. The van der Waals surface area contributed by atoms with Crippen molar-refractivity contribution >= 4 is 5.97 Å². The maximum Gasteiger partial charge on any atom is 0.375 e. The number of hydrogen-bond donors (Lipinski definition) is 2. The summed E-state index contributed by atoms with van der Waals surface area (Å²) in [6.45, 7) is 1.04. The molecule has 1 saturated heterocycles. The third-order valence-corrected chi connectivity index (χ3v) is 7.81. The Morgan fingerprint density at radius 1 is 1.17 bits per heavy atom. The van der Waals surface area contributed by atoms with Crippen molar-refractivity contribution in [2.75, 3.05) is 6.54 Å². The molecule has 0 bridgehead atoms. The van der Waals surface area contributed by atoms with Crippen LogP contribution in [0, 0.1) is 23.7 Å². The highest BCUT2D eigenvalue weighted by atomic mass is 16.5. The van der Waals surface area contributed by atoms with Gasteiger partial charge in [0.15, 0.2) is 0 Å². The maximum absolute atomic E-state index is 12.6. The molecule has 0 spiro atoms. The summed E-state index contributed by atoms with van der Waals surface area (Å²) >= 11 is 0. The van der Waals surface area contributed by atoms with E-state index in [-0.39, 0.29) is 12.1 Å². The molecule has 0 aromatic carbocycles. The van der Waals surface area contributed by atoms with Gasteiger partial charge in [0.05, 0.1) is 0 Å². The normalized spacial score (nSPS) is 37.5. The van der Waals surface area contributed by atoms with E-state index in [0.29, 0.717) is 35.5 Å². The van der Waals surface area contributed by atoms with Crippen LogP contribution in [-0.2, 0) is 11.8 Å². The van der Waals surface area contributed by atoms with Crippen LogP contribution in [-0.4, -0.2) is 34.2 Å². The molecule has 1 aromatic heterocycles. The van der Waals surface area contributed by atoms with Crippen LogP contribution in [0.25, 0.3) is 0 Å². The van der Waals surface area contributed by atoms with E-state index in [9.17, 15) is 4.79 Å². The van der Waals surface area contributed by atoms with E-state index < -0.39 is 0 Å². The monoisotopic (exact) mass is 392 g/mol. The molecular formula is C23H28N4O2. The number of carbonyl (C=O) groups is 1. The SMILES string of the molecule is Cn1ccnc1C(=O)OC1CCC2C1=CC=C1C3=CC4CNNC4CC3CCC12. The smallest absolute Gasteiger partial charge is 0.375 e. The number of ether oxygens (including phenoxy) is 1. The molecule has 2 heterocycles. The Hall–Kier alpha value is -2.18. The van der Waals surface area contributed by atoms with Gasteiger partial charge in [-0.15, -0.1) is 0 Å². The summed E-state index contributed by atoms with van der Waals surface area (Å²) in [6.07, 6.45) is 16.3. The van der Waals surface area contributed by atoms with E-state index in [1.165, 1.54) is 24.8 Å². The largest absolute Gasteiger partial charge is 0.452 e. The number of imidazole rings is 1. The molecule has 6 unspecified atom stereocenters. The minimum Gasteiger partial charge on any atom is -0.452 e. The molecule has 3 fully saturated rings. The van der Waals surface area contributed by atoms with Gasteiger partial charge in [0.25, 0.3) is 0 Å². The molecule has 29 heavy (non-hydrogen) atoms. The molecule has 1 aliphatic heterocycles. The molecule has 2 N–H and O–H groups in total. The predicted molar refractivity (Wildman–Crippen MR) is 109 cm³/mol. The van der Waals surface area contributed by atoms with Crippen LogP contribution in [0.4, 0.5) is 0 Å². The van der Waals surface area contributed by atoms with Gasteiger partial charge in [-0.3, -0.25) is 10.9 Å². The lowest BCUT2D eigenvalue weighted by atomic mass is 9.62. The Kier molecular flexibility index (Phi) is 4.06. The number of nitrogens with one attached hydrogen (secondary N) is 2. The van der Waals surface area contributed by atoms with E-state index in [1.54, 1.807) is 28.1 Å². The number of esters is 1. The summed E-state index contributed by atoms with van der Waals surface area (Å²) in [7, 11) is 1.83. The van der Waals surface area contributed by atoms with E-state index in [2.05, 4.69) is 34.1 Å². The summed E-state index contributed by atoms with van der Waals surface area (Å²) < 4.78 is 7.62. The van der Waals surface area contributed by atoms with Gasteiger partial charge in [-0.1, -0.05) is 18.2 Å². The lowest BCUT2D eigenvalue weighted by molar-refractivity contribution is 0.0364. The van der Waals surface area contributed by atoms with Crippen LogP contribution in [0.5, 0.6) is 0 Å². The Morgan fingerprint density at radius 3 is 2.93 bits per heavy atom. The number of rotatable bonds is 2. The Morgan fingerprint density at radius 2 is 2.07 bits per heavy atom. The van der Waals surface area contributed by atoms with Crippen molar-refractivity contribution in [3.05, 3.63) is 53.2 Å². The molecule has 6 rings (SSSR count). The van der Waals surface area contributed by atoms with Crippen LogP contribution in [0.2, 0.25) is 0 Å². The van der Waals surface area contributed by atoms with Gasteiger partial charge < -0.3 is 9.30 Å². The first-order valence-corrected chi connectivity index (χ1v) is 11.0. The molecule has 1 aromatic rings. The minimum absolute atomic E-state index is 0.104. The van der Waals surface area contributed by atoms with Crippen molar-refractivity contribution in [2.45, 2.75) is 44.2 Å². The van der Waals surface area contributed by atoms with Crippen LogP contribution < -0.4 is 10.9 Å². The third-order valence-electron chi connectivity index (χ3n) is 7.81. The van der Waals surface area contributed by atoms with Gasteiger partial charge in [0, 0.05) is 37.9 Å². The molecule has 6 nitrogen and oxygen atoms in total. The Bertz CT molecular complexity index is 942. The minimum atomic E-state index is -0.315. The summed E-state index contributed by atoms with van der Waals surface area (Å²) in [6, 6.07) is 0.594. The standard InChI is InChI=1S/C23H28N4O2/c1-27-9-8-24-22(27)23(28)29-21-7-6-16-15-3-2-13-11-20-14(12-25-26-20)10-19(13)17(15)4-5-18(16)21/h4-5,8-10,13-16,20-21,25-26H,2-3,6-7,11-12H2,1H3. The average Bonchev–Trinajstić information content (AvgIpc) is 3.45. The average molecular weight is 393 g/mol. The number of hydrazine groups is 1. The van der Waals surface area contributed by atoms with Crippen molar-refractivity contribution < 1.29 is 9.53 Å². The second-order valence-electron chi connectivity index (χ2n) is 9.26. The van der Waals surface area contributed by atoms with Gasteiger partial charge in [-0.05, 0) is 66.6 Å². The first-order valence-electron chi connectivity index (χ1n) is 11.0. The van der Waals surface area contributed by atoms with Crippen molar-refractivity contribution in [3.8, 4) is 0 Å². The lowest BCUT2D eigenvalue weighted by Gasteiger charge is -2.43. The van der Waals surface area contributed by atoms with Gasteiger partial charge in [0.1, 0.15) is 6.10 Å². The van der Waals surface area contributed by atoms with Crippen LogP contribution >= 0.6 is 0 Å². The van der Waals surface area contributed by atoms with Crippen LogP contribution in [0.3, 0.4) is 0 Å². The first-order chi connectivity index (χ1) is 14.2. The molecule has 0 amide bonds. The quantitative estimate of drug-likeness (QED) is 0.758. The van der Waals surface area contributed by atoms with Crippen molar-refractivity contribution in [3.63, 3.8) is 0 Å². The zero-order chi connectivity index (χ0) is 19.5. The fraction of sp³-hybridized carbons (Fsp3) is 0.565. The highest BCUT2D eigenvalue weighted by molar-refractivity contribution is 5.85. The Labute approximate surface area is 171 Å². The molecule has 6 atom stereocenters. The number of aromatic nitrogens is 2. The summed E-state index contributed by atoms with van der Waals surface area (Å²) in [4.78, 5) is 16.7. The van der Waals surface area contributed by atoms with E-state index in [4.69, 9.17) is 4.74 Å². The number of allylic oxidation sites excluding steroid dienone is 4. The fourth-order valence-electron chi connectivity index (χ4n) is 6.38. The lowest BCUT2D eigenvalue weighted by Crippen LogP contribution is -2.39. The van der Waals surface area contributed by atoms with Gasteiger partial charge in [-0.2, -0.15) is 0 Å². The maximum atomic E-state index is 12.6.